The second-order valence-electron chi connectivity index (χ2n) is 8.19. The molecule has 0 N–H and O–H groups in total. The van der Waals surface area contributed by atoms with Gasteiger partial charge in [-0.3, -0.25) is 9.20 Å². The van der Waals surface area contributed by atoms with Crippen LogP contribution in [-0.4, -0.2) is 25.4 Å². The number of pyridine rings is 1. The molecule has 0 aliphatic rings. The molecule has 0 saturated heterocycles. The molecule has 0 atom stereocenters. The van der Waals surface area contributed by atoms with E-state index in [-0.39, 0.29) is 37.4 Å². The van der Waals surface area contributed by atoms with Crippen molar-refractivity contribution in [3.05, 3.63) is 112 Å². The van der Waals surface area contributed by atoms with E-state index in [1.807, 2.05) is 0 Å². The molecule has 0 aliphatic heterocycles. The van der Waals surface area contributed by atoms with Crippen LogP contribution in [0.1, 0.15) is 22.2 Å². The summed E-state index contributed by atoms with van der Waals surface area (Å²) in [6.45, 7) is 1.58. The molecule has 0 radical (unpaired) electrons. The predicted molar refractivity (Wildman–Crippen MR) is 145 cm³/mol. The quantitative estimate of drug-likeness (QED) is 0.261. The van der Waals surface area contributed by atoms with E-state index in [1.165, 1.54) is 12.1 Å². The van der Waals surface area contributed by atoms with Gasteiger partial charge in [-0.15, -0.1) is 11.3 Å². The number of sulfone groups is 1. The zero-order valence-corrected chi connectivity index (χ0v) is 21.8. The van der Waals surface area contributed by atoms with Crippen molar-refractivity contribution < 1.29 is 17.9 Å². The van der Waals surface area contributed by atoms with Crippen LogP contribution < -0.4 is 5.56 Å². The summed E-state index contributed by atoms with van der Waals surface area (Å²) in [5.74, 6) is -0.945. The van der Waals surface area contributed by atoms with E-state index < -0.39 is 26.9 Å². The molecule has 0 amide bonds. The minimum absolute atomic E-state index is 0.0132. The van der Waals surface area contributed by atoms with Crippen LogP contribution in [-0.2, 0) is 14.6 Å². The van der Waals surface area contributed by atoms with Crippen LogP contribution in [0.4, 0.5) is 0 Å². The third kappa shape index (κ3) is 4.10. The van der Waals surface area contributed by atoms with Crippen molar-refractivity contribution in [2.75, 3.05) is 6.61 Å². The molecule has 0 saturated carbocycles. The van der Waals surface area contributed by atoms with Gasteiger partial charge < -0.3 is 4.74 Å². The van der Waals surface area contributed by atoms with E-state index in [0.29, 0.717) is 11.1 Å². The van der Waals surface area contributed by atoms with E-state index in [9.17, 15) is 23.3 Å². The van der Waals surface area contributed by atoms with Crippen LogP contribution in [0.5, 0.6) is 0 Å². The van der Waals surface area contributed by atoms with Gasteiger partial charge in [0.2, 0.25) is 9.84 Å². The summed E-state index contributed by atoms with van der Waals surface area (Å²) in [7, 11) is -4.29. The molecular formula is C29H20N2O5S2. The van der Waals surface area contributed by atoms with Gasteiger partial charge in [-0.25, -0.2) is 13.2 Å². The molecule has 3 aromatic carbocycles. The molecule has 188 valence electrons. The highest BCUT2D eigenvalue weighted by atomic mass is 32.2. The van der Waals surface area contributed by atoms with Crippen molar-refractivity contribution in [2.24, 2.45) is 0 Å². The average molecular weight is 541 g/mol. The van der Waals surface area contributed by atoms with Crippen LogP contribution >= 0.6 is 11.3 Å². The van der Waals surface area contributed by atoms with Gasteiger partial charge in [-0.2, -0.15) is 5.26 Å². The number of rotatable bonds is 6. The van der Waals surface area contributed by atoms with Crippen molar-refractivity contribution in [1.82, 2.24) is 4.40 Å². The lowest BCUT2D eigenvalue weighted by Crippen LogP contribution is -2.27. The highest BCUT2D eigenvalue weighted by Crippen LogP contribution is 2.41. The number of nitrogens with zero attached hydrogens (tertiary/aromatic N) is 2. The summed E-state index contributed by atoms with van der Waals surface area (Å²) >= 11 is 0.894. The molecule has 2 heterocycles. The lowest BCUT2D eigenvalue weighted by Gasteiger charge is -2.17. The minimum Gasteiger partial charge on any atom is -0.462 e. The number of fused-ring (bicyclic) bond motifs is 1. The molecule has 0 aliphatic carbocycles. The minimum atomic E-state index is -4.29. The average Bonchev–Trinajstić information content (AvgIpc) is 3.34. The van der Waals surface area contributed by atoms with Gasteiger partial charge in [0.1, 0.15) is 26.2 Å². The summed E-state index contributed by atoms with van der Waals surface area (Å²) in [6.07, 6.45) is 0. The Morgan fingerprint density at radius 3 is 2.03 bits per heavy atom. The molecule has 0 fully saturated rings. The smallest absolute Gasteiger partial charge is 0.344 e. The number of benzene rings is 3. The topological polar surface area (TPSA) is 106 Å². The van der Waals surface area contributed by atoms with Crippen molar-refractivity contribution >= 4 is 32.0 Å². The Bertz CT molecular complexity index is 1870. The first kappa shape index (κ1) is 25.1. The molecule has 38 heavy (non-hydrogen) atoms. The van der Waals surface area contributed by atoms with E-state index in [2.05, 4.69) is 6.07 Å². The molecule has 9 heteroatoms. The Balaban J connectivity index is 2.08. The maximum atomic E-state index is 14.3. The van der Waals surface area contributed by atoms with Crippen LogP contribution in [0.25, 0.3) is 27.2 Å². The first-order valence-electron chi connectivity index (χ1n) is 11.6. The summed E-state index contributed by atoms with van der Waals surface area (Å²) < 4.78 is 35.0. The van der Waals surface area contributed by atoms with Crippen LogP contribution in [0.2, 0.25) is 0 Å². The Kier molecular flexibility index (Phi) is 6.68. The summed E-state index contributed by atoms with van der Waals surface area (Å²) in [5, 5.41) is 10.0. The van der Waals surface area contributed by atoms with Gasteiger partial charge in [-0.1, -0.05) is 78.9 Å². The SMILES string of the molecule is CCOC(=O)c1c(-c2ccccc2)c(S(=O)(=O)c2ccccc2)c2sc(C#N)c(-c3ccccc3)n2c1=O. The van der Waals surface area contributed by atoms with Gasteiger partial charge in [0.15, 0.2) is 0 Å². The largest absolute Gasteiger partial charge is 0.462 e. The van der Waals surface area contributed by atoms with Crippen LogP contribution in [0, 0.1) is 11.3 Å². The predicted octanol–water partition coefficient (Wildman–Crippen LogP) is 5.58. The number of esters is 1. The third-order valence-corrected chi connectivity index (χ3v) is 8.97. The molecule has 2 aromatic heterocycles. The summed E-state index contributed by atoms with van der Waals surface area (Å²) in [4.78, 5) is 27.4. The number of hydrogen-bond donors (Lipinski definition) is 0. The standard InChI is InChI=1S/C29H20N2O5S2/c1-2-36-29(33)24-23(19-12-6-3-7-13-19)26(38(34,35)21-16-10-5-11-17-21)28-31(27(24)32)25(22(18-30)37-28)20-14-8-4-9-15-20/h3-17H,2H2,1H3. The van der Waals surface area contributed by atoms with Gasteiger partial charge in [0, 0.05) is 11.1 Å². The van der Waals surface area contributed by atoms with Gasteiger partial charge >= 0.3 is 5.97 Å². The van der Waals surface area contributed by atoms with Crippen molar-refractivity contribution in [1.29, 1.82) is 5.26 Å². The molecule has 0 bridgehead atoms. The van der Waals surface area contributed by atoms with Crippen LogP contribution in [0.15, 0.2) is 106 Å². The maximum Gasteiger partial charge on any atom is 0.344 e. The number of aromatic nitrogens is 1. The lowest BCUT2D eigenvalue weighted by molar-refractivity contribution is 0.0525. The highest BCUT2D eigenvalue weighted by molar-refractivity contribution is 7.92. The Labute approximate surface area is 222 Å². The number of hydrogen-bond acceptors (Lipinski definition) is 7. The second kappa shape index (κ2) is 10.1. The number of carbonyl (C=O) groups is 1. The molecule has 0 spiro atoms. The number of carbonyl (C=O) groups excluding carboxylic acids is 1. The first-order valence-corrected chi connectivity index (χ1v) is 13.9. The Morgan fingerprint density at radius 1 is 0.921 bits per heavy atom. The zero-order chi connectivity index (χ0) is 26.9. The van der Waals surface area contributed by atoms with E-state index in [4.69, 9.17) is 4.74 Å². The molecule has 0 unspecified atom stereocenters. The Morgan fingerprint density at radius 2 is 1.47 bits per heavy atom. The summed E-state index contributed by atoms with van der Waals surface area (Å²) in [6, 6.07) is 27.0. The fourth-order valence-corrected chi connectivity index (χ4v) is 7.37. The first-order chi connectivity index (χ1) is 18.4. The molecule has 7 nitrogen and oxygen atoms in total. The number of nitriles is 1. The molecule has 5 rings (SSSR count). The van der Waals surface area contributed by atoms with Crippen molar-refractivity contribution in [2.45, 2.75) is 16.7 Å². The third-order valence-electron chi connectivity index (χ3n) is 5.94. The lowest BCUT2D eigenvalue weighted by atomic mass is 10.0. The molecular weight excluding hydrogens is 520 g/mol. The van der Waals surface area contributed by atoms with E-state index in [1.54, 1.807) is 85.8 Å². The van der Waals surface area contributed by atoms with Gasteiger partial charge in [-0.05, 0) is 24.6 Å². The van der Waals surface area contributed by atoms with E-state index >= 15 is 0 Å². The highest BCUT2D eigenvalue weighted by Gasteiger charge is 2.35. The zero-order valence-electron chi connectivity index (χ0n) is 20.1. The monoisotopic (exact) mass is 540 g/mol. The van der Waals surface area contributed by atoms with Crippen molar-refractivity contribution in [3.8, 4) is 28.5 Å². The normalized spacial score (nSPS) is 11.3. The number of thiazole rings is 1. The van der Waals surface area contributed by atoms with Gasteiger partial charge in [0.05, 0.1) is 17.2 Å². The second-order valence-corrected chi connectivity index (χ2v) is 11.1. The van der Waals surface area contributed by atoms with Crippen LogP contribution in [0.3, 0.4) is 0 Å². The van der Waals surface area contributed by atoms with Crippen molar-refractivity contribution in [3.63, 3.8) is 0 Å². The maximum absolute atomic E-state index is 14.3. The van der Waals surface area contributed by atoms with E-state index in [0.717, 1.165) is 15.7 Å². The Hall–Kier alpha value is -4.52. The summed E-state index contributed by atoms with van der Waals surface area (Å²) in [5.41, 5.74) is -0.123. The fraction of sp³-hybridized carbons (Fsp3) is 0.0690. The van der Waals surface area contributed by atoms with Gasteiger partial charge in [0.25, 0.3) is 5.56 Å². The number of ether oxygens (including phenoxy) is 1. The molecule has 5 aromatic rings. The fourth-order valence-electron chi connectivity index (χ4n) is 4.35.